The third-order valence-corrected chi connectivity index (χ3v) is 2.85. The molecule has 21 heavy (non-hydrogen) atoms. The Bertz CT molecular complexity index is 654. The number of benzene rings is 1. The van der Waals surface area contributed by atoms with Gasteiger partial charge in [0, 0.05) is 5.56 Å². The molecule has 0 bridgehead atoms. The summed E-state index contributed by atoms with van der Waals surface area (Å²) >= 11 is 0. The molecular weight excluding hydrogens is 268 g/mol. The van der Waals surface area contributed by atoms with E-state index < -0.39 is 5.97 Å². The second-order valence-electron chi connectivity index (χ2n) is 4.28. The highest BCUT2D eigenvalue weighted by Gasteiger charge is 2.19. The lowest BCUT2D eigenvalue weighted by Crippen LogP contribution is -2.11. The van der Waals surface area contributed by atoms with E-state index in [9.17, 15) is 4.79 Å². The number of carbonyl (C=O) groups is 1. The van der Waals surface area contributed by atoms with Gasteiger partial charge in [-0.25, -0.2) is 9.78 Å². The van der Waals surface area contributed by atoms with Crippen LogP contribution in [0.1, 0.15) is 21.6 Å². The number of nitrogen functional groups attached to an aromatic ring is 1. The van der Waals surface area contributed by atoms with Gasteiger partial charge >= 0.3 is 5.97 Å². The van der Waals surface area contributed by atoms with E-state index in [4.69, 9.17) is 15.2 Å². The molecule has 0 saturated carbocycles. The molecule has 0 unspecified atom stereocenters. The summed E-state index contributed by atoms with van der Waals surface area (Å²) in [5, 5.41) is 0. The van der Waals surface area contributed by atoms with Crippen LogP contribution < -0.4 is 10.5 Å². The van der Waals surface area contributed by atoms with E-state index in [-0.39, 0.29) is 11.5 Å². The number of hydrogen-bond donors (Lipinski definition) is 1. The van der Waals surface area contributed by atoms with Crippen LogP contribution in [0.25, 0.3) is 6.08 Å². The third kappa shape index (κ3) is 3.39. The average molecular weight is 284 g/mol. The van der Waals surface area contributed by atoms with Crippen molar-refractivity contribution >= 4 is 17.9 Å². The number of nitrogens with zero attached hydrogens (tertiary/aromatic N) is 1. The van der Waals surface area contributed by atoms with Gasteiger partial charge in [-0.1, -0.05) is 43.0 Å². The fraction of sp³-hybridized carbons (Fsp3) is 0.125. The summed E-state index contributed by atoms with van der Waals surface area (Å²) in [6, 6.07) is 11.2. The molecule has 5 heteroatoms. The summed E-state index contributed by atoms with van der Waals surface area (Å²) in [6.07, 6.45) is 1.56. The summed E-state index contributed by atoms with van der Waals surface area (Å²) < 4.78 is 10.4. The third-order valence-electron chi connectivity index (χ3n) is 2.85. The molecule has 1 heterocycles. The number of methoxy groups -OCH3 is 1. The molecular formula is C16H16N2O3. The van der Waals surface area contributed by atoms with Crippen LogP contribution in [0.4, 0.5) is 5.82 Å². The minimum absolute atomic E-state index is 0.0448. The van der Waals surface area contributed by atoms with Gasteiger partial charge in [0.25, 0.3) is 0 Å². The normalized spacial score (nSPS) is 9.95. The van der Waals surface area contributed by atoms with Crippen molar-refractivity contribution in [3.63, 3.8) is 0 Å². The van der Waals surface area contributed by atoms with Crippen molar-refractivity contribution in [3.8, 4) is 5.75 Å². The van der Waals surface area contributed by atoms with Gasteiger partial charge in [-0.15, -0.1) is 0 Å². The van der Waals surface area contributed by atoms with E-state index in [1.807, 2.05) is 30.3 Å². The molecule has 0 aliphatic carbocycles. The van der Waals surface area contributed by atoms with Crippen molar-refractivity contribution in [3.05, 3.63) is 59.8 Å². The largest absolute Gasteiger partial charge is 0.486 e. The van der Waals surface area contributed by atoms with Crippen LogP contribution in [0.15, 0.2) is 43.0 Å². The van der Waals surface area contributed by atoms with Crippen molar-refractivity contribution in [2.75, 3.05) is 12.8 Å². The van der Waals surface area contributed by atoms with Gasteiger partial charge in [0.15, 0.2) is 11.4 Å². The number of carbonyl (C=O) groups excluding carboxylic acids is 1. The van der Waals surface area contributed by atoms with E-state index in [0.29, 0.717) is 17.9 Å². The Morgan fingerprint density at radius 3 is 2.71 bits per heavy atom. The molecule has 1 aromatic heterocycles. The summed E-state index contributed by atoms with van der Waals surface area (Å²) in [6.45, 7) is 4.00. The standard InChI is InChI=1S/C16H16N2O3/c1-3-12-9-13(17)18-14(16(19)20-2)15(12)21-10-11-7-5-4-6-8-11/h3-9H,1,10H2,2H3,(H2,17,18). The first-order valence-electron chi connectivity index (χ1n) is 6.33. The highest BCUT2D eigenvalue weighted by Crippen LogP contribution is 2.27. The monoisotopic (exact) mass is 284 g/mol. The van der Waals surface area contributed by atoms with Crippen molar-refractivity contribution < 1.29 is 14.3 Å². The lowest BCUT2D eigenvalue weighted by atomic mass is 10.1. The van der Waals surface area contributed by atoms with E-state index in [2.05, 4.69) is 11.6 Å². The molecule has 0 aliphatic rings. The minimum atomic E-state index is -0.603. The highest BCUT2D eigenvalue weighted by atomic mass is 16.5. The molecule has 0 amide bonds. The summed E-state index contributed by atoms with van der Waals surface area (Å²) in [4.78, 5) is 15.8. The fourth-order valence-corrected chi connectivity index (χ4v) is 1.84. The van der Waals surface area contributed by atoms with E-state index >= 15 is 0 Å². The fourth-order valence-electron chi connectivity index (χ4n) is 1.84. The second kappa shape index (κ2) is 6.56. The van der Waals surface area contributed by atoms with Crippen molar-refractivity contribution in [2.24, 2.45) is 0 Å². The van der Waals surface area contributed by atoms with Gasteiger partial charge in [0.1, 0.15) is 12.4 Å². The summed E-state index contributed by atoms with van der Waals surface area (Å²) in [5.74, 6) is -0.0827. The van der Waals surface area contributed by atoms with Gasteiger partial charge in [-0.2, -0.15) is 0 Å². The number of pyridine rings is 1. The van der Waals surface area contributed by atoms with Crippen LogP contribution >= 0.6 is 0 Å². The zero-order chi connectivity index (χ0) is 15.2. The van der Waals surface area contributed by atoms with Crippen LogP contribution in [-0.2, 0) is 11.3 Å². The molecule has 5 nitrogen and oxygen atoms in total. The zero-order valence-electron chi connectivity index (χ0n) is 11.7. The number of hydrogen-bond acceptors (Lipinski definition) is 5. The Morgan fingerprint density at radius 1 is 1.38 bits per heavy atom. The maximum absolute atomic E-state index is 11.8. The first kappa shape index (κ1) is 14.6. The highest BCUT2D eigenvalue weighted by molar-refractivity contribution is 5.92. The Labute approximate surface area is 123 Å². The molecule has 0 aliphatic heterocycles. The number of esters is 1. The lowest BCUT2D eigenvalue weighted by molar-refractivity contribution is 0.0588. The van der Waals surface area contributed by atoms with Gasteiger partial charge in [0.05, 0.1) is 7.11 Å². The van der Waals surface area contributed by atoms with Crippen molar-refractivity contribution in [1.29, 1.82) is 0 Å². The number of ether oxygens (including phenoxy) is 2. The number of rotatable bonds is 5. The van der Waals surface area contributed by atoms with Gasteiger partial charge in [-0.3, -0.25) is 0 Å². The molecule has 1 aromatic carbocycles. The second-order valence-corrected chi connectivity index (χ2v) is 4.28. The molecule has 2 N–H and O–H groups in total. The van der Waals surface area contributed by atoms with Gasteiger partial charge in [-0.05, 0) is 11.6 Å². The predicted octanol–water partition coefficient (Wildman–Crippen LogP) is 2.67. The van der Waals surface area contributed by atoms with E-state index in [1.165, 1.54) is 7.11 Å². The molecule has 0 spiro atoms. The summed E-state index contributed by atoms with van der Waals surface area (Å²) in [5.41, 5.74) is 7.29. The molecule has 108 valence electrons. The number of anilines is 1. The SMILES string of the molecule is C=Cc1cc(N)nc(C(=O)OC)c1OCc1ccccc1. The number of aromatic nitrogens is 1. The Kier molecular flexibility index (Phi) is 4.56. The molecule has 2 rings (SSSR count). The Balaban J connectivity index is 2.36. The molecule has 0 radical (unpaired) electrons. The smallest absolute Gasteiger partial charge is 0.360 e. The minimum Gasteiger partial charge on any atom is -0.486 e. The maximum atomic E-state index is 11.8. The molecule has 0 saturated heterocycles. The van der Waals surface area contributed by atoms with Crippen LogP contribution in [0.3, 0.4) is 0 Å². The first-order chi connectivity index (χ1) is 10.2. The van der Waals surface area contributed by atoms with E-state index in [1.54, 1.807) is 12.1 Å². The molecule has 0 atom stereocenters. The van der Waals surface area contributed by atoms with E-state index in [0.717, 1.165) is 5.56 Å². The molecule has 2 aromatic rings. The van der Waals surface area contributed by atoms with Gasteiger partial charge < -0.3 is 15.2 Å². The number of nitrogens with two attached hydrogens (primary N) is 1. The van der Waals surface area contributed by atoms with Crippen LogP contribution in [0, 0.1) is 0 Å². The van der Waals surface area contributed by atoms with Crippen molar-refractivity contribution in [2.45, 2.75) is 6.61 Å². The Hall–Kier alpha value is -2.82. The zero-order valence-corrected chi connectivity index (χ0v) is 11.7. The van der Waals surface area contributed by atoms with Crippen LogP contribution in [0.5, 0.6) is 5.75 Å². The van der Waals surface area contributed by atoms with Crippen LogP contribution in [-0.4, -0.2) is 18.1 Å². The van der Waals surface area contributed by atoms with Crippen molar-refractivity contribution in [1.82, 2.24) is 4.98 Å². The first-order valence-corrected chi connectivity index (χ1v) is 6.33. The Morgan fingerprint density at radius 2 is 2.10 bits per heavy atom. The van der Waals surface area contributed by atoms with Gasteiger partial charge in [0.2, 0.25) is 0 Å². The van der Waals surface area contributed by atoms with Crippen LogP contribution in [0.2, 0.25) is 0 Å². The quantitative estimate of drug-likeness (QED) is 0.854. The molecule has 0 fully saturated rings. The lowest BCUT2D eigenvalue weighted by Gasteiger charge is -2.13. The average Bonchev–Trinajstić information content (AvgIpc) is 2.53. The topological polar surface area (TPSA) is 74.4 Å². The summed E-state index contributed by atoms with van der Waals surface area (Å²) in [7, 11) is 1.28. The predicted molar refractivity (Wildman–Crippen MR) is 80.9 cm³/mol. The maximum Gasteiger partial charge on any atom is 0.360 e.